The van der Waals surface area contributed by atoms with Gasteiger partial charge in [0.25, 0.3) is 5.91 Å². The van der Waals surface area contributed by atoms with E-state index in [2.05, 4.69) is 23.1 Å². The molecule has 0 spiro atoms. The maximum Gasteiger partial charge on any atom is 0.269 e. The lowest BCUT2D eigenvalue weighted by Gasteiger charge is -2.10. The molecule has 0 aliphatic rings. The predicted molar refractivity (Wildman–Crippen MR) is 117 cm³/mol. The molecule has 3 amide bonds. The number of halogens is 1. The Morgan fingerprint density at radius 3 is 2.37 bits per heavy atom. The van der Waals surface area contributed by atoms with Gasteiger partial charge in [-0.1, -0.05) is 31.0 Å². The average molecular weight is 432 g/mol. The zero-order valence-electron chi connectivity index (χ0n) is 17.1. The van der Waals surface area contributed by atoms with Gasteiger partial charge in [0.05, 0.1) is 6.61 Å². The van der Waals surface area contributed by atoms with Crippen molar-refractivity contribution in [1.29, 1.82) is 0 Å². The molecule has 0 unspecified atom stereocenters. The molecule has 0 heterocycles. The molecule has 0 saturated heterocycles. The number of unbranched alkanes of at least 4 members (excludes halogenated alkanes) is 1. The van der Waals surface area contributed by atoms with Gasteiger partial charge >= 0.3 is 0 Å². The molecule has 0 bridgehead atoms. The van der Waals surface area contributed by atoms with E-state index in [0.29, 0.717) is 28.6 Å². The fraction of sp³-hybridized carbons (Fsp3) is 0.318. The highest BCUT2D eigenvalue weighted by Crippen LogP contribution is 2.23. The number of nitrogens with one attached hydrogen (secondary N) is 3. The molecule has 0 aliphatic heterocycles. The number of ether oxygens (including phenoxy) is 1. The largest absolute Gasteiger partial charge is 0.494 e. The van der Waals surface area contributed by atoms with Crippen molar-refractivity contribution in [2.75, 3.05) is 11.9 Å². The highest BCUT2D eigenvalue weighted by atomic mass is 35.5. The van der Waals surface area contributed by atoms with Gasteiger partial charge in [-0.15, -0.1) is 0 Å². The zero-order chi connectivity index (χ0) is 21.9. The van der Waals surface area contributed by atoms with Crippen LogP contribution in [0.15, 0.2) is 42.5 Å². The van der Waals surface area contributed by atoms with E-state index in [-0.39, 0.29) is 18.7 Å². The summed E-state index contributed by atoms with van der Waals surface area (Å²) in [6, 6.07) is 11.8. The van der Waals surface area contributed by atoms with Crippen LogP contribution in [0, 0.1) is 6.92 Å². The van der Waals surface area contributed by atoms with E-state index >= 15 is 0 Å². The van der Waals surface area contributed by atoms with E-state index in [0.717, 1.165) is 18.4 Å². The van der Waals surface area contributed by atoms with E-state index in [4.69, 9.17) is 16.3 Å². The van der Waals surface area contributed by atoms with Crippen LogP contribution in [0.5, 0.6) is 5.75 Å². The molecule has 2 rings (SSSR count). The lowest BCUT2D eigenvalue weighted by Crippen LogP contribution is -2.41. The predicted octanol–water partition coefficient (Wildman–Crippen LogP) is 4.01. The van der Waals surface area contributed by atoms with Crippen LogP contribution in [0.4, 0.5) is 5.69 Å². The quantitative estimate of drug-likeness (QED) is 0.413. The molecule has 0 radical (unpaired) electrons. The standard InChI is InChI=1S/C22H26ClN3O4/c1-3-4-14-30-17-10-8-16(9-11-17)22(29)26-25-21(28)13-12-20(27)24-19-7-5-6-18(23)15(19)2/h5-11H,3-4,12-14H2,1-2H3,(H,24,27)(H,25,28)(H,26,29). The molecular formula is C22H26ClN3O4. The van der Waals surface area contributed by atoms with Gasteiger partial charge in [0.2, 0.25) is 11.8 Å². The molecule has 7 nitrogen and oxygen atoms in total. The smallest absolute Gasteiger partial charge is 0.269 e. The Morgan fingerprint density at radius 2 is 1.67 bits per heavy atom. The Balaban J connectivity index is 1.72. The second kappa shape index (κ2) is 11.8. The Morgan fingerprint density at radius 1 is 0.967 bits per heavy atom. The Kier molecular flexibility index (Phi) is 9.15. The molecule has 0 saturated carbocycles. The monoisotopic (exact) mass is 431 g/mol. The summed E-state index contributed by atoms with van der Waals surface area (Å²) in [7, 11) is 0. The number of rotatable bonds is 9. The third kappa shape index (κ3) is 7.40. The summed E-state index contributed by atoms with van der Waals surface area (Å²) < 4.78 is 5.54. The zero-order valence-corrected chi connectivity index (χ0v) is 17.8. The number of hydrogen-bond acceptors (Lipinski definition) is 4. The van der Waals surface area contributed by atoms with Crippen molar-refractivity contribution in [1.82, 2.24) is 10.9 Å². The van der Waals surface area contributed by atoms with Gasteiger partial charge in [-0.2, -0.15) is 0 Å². The number of hydrogen-bond donors (Lipinski definition) is 3. The lowest BCUT2D eigenvalue weighted by molar-refractivity contribution is -0.124. The number of hydrazine groups is 1. The highest BCUT2D eigenvalue weighted by Gasteiger charge is 2.11. The fourth-order valence-corrected chi connectivity index (χ4v) is 2.66. The van der Waals surface area contributed by atoms with Crippen molar-refractivity contribution in [3.05, 3.63) is 58.6 Å². The molecule has 0 aromatic heterocycles. The highest BCUT2D eigenvalue weighted by molar-refractivity contribution is 6.31. The first kappa shape index (κ1) is 23.2. The summed E-state index contributed by atoms with van der Waals surface area (Å²) in [5, 5.41) is 3.27. The minimum absolute atomic E-state index is 0.0303. The Hall–Kier alpha value is -3.06. The Labute approximate surface area is 181 Å². The van der Waals surface area contributed by atoms with E-state index < -0.39 is 11.8 Å². The van der Waals surface area contributed by atoms with Gasteiger partial charge in [0.15, 0.2) is 0 Å². The van der Waals surface area contributed by atoms with Crippen molar-refractivity contribution in [3.8, 4) is 5.75 Å². The molecule has 0 atom stereocenters. The second-order valence-corrected chi connectivity index (χ2v) is 7.10. The van der Waals surface area contributed by atoms with Crippen molar-refractivity contribution in [3.63, 3.8) is 0 Å². The third-order valence-corrected chi connectivity index (χ3v) is 4.73. The van der Waals surface area contributed by atoms with Crippen LogP contribution >= 0.6 is 11.6 Å². The van der Waals surface area contributed by atoms with Gasteiger partial charge in [-0.25, -0.2) is 0 Å². The number of carbonyl (C=O) groups is 3. The maximum absolute atomic E-state index is 12.1. The minimum Gasteiger partial charge on any atom is -0.494 e. The topological polar surface area (TPSA) is 96.5 Å². The number of amides is 3. The molecule has 2 aromatic carbocycles. The second-order valence-electron chi connectivity index (χ2n) is 6.69. The van der Waals surface area contributed by atoms with E-state index in [1.807, 2.05) is 0 Å². The number of anilines is 1. The van der Waals surface area contributed by atoms with Crippen LogP contribution in [0.1, 0.15) is 48.5 Å². The molecule has 0 aliphatic carbocycles. The summed E-state index contributed by atoms with van der Waals surface area (Å²) in [4.78, 5) is 36.1. The molecule has 30 heavy (non-hydrogen) atoms. The van der Waals surface area contributed by atoms with E-state index in [1.165, 1.54) is 0 Å². The first-order valence-corrected chi connectivity index (χ1v) is 10.2. The molecule has 0 fully saturated rings. The molecule has 2 aromatic rings. The SMILES string of the molecule is CCCCOc1ccc(C(=O)NNC(=O)CCC(=O)Nc2cccc(Cl)c2C)cc1. The van der Waals surface area contributed by atoms with Crippen LogP contribution in [-0.2, 0) is 9.59 Å². The van der Waals surface area contributed by atoms with Gasteiger partial charge < -0.3 is 10.1 Å². The van der Waals surface area contributed by atoms with Crippen molar-refractivity contribution in [2.45, 2.75) is 39.5 Å². The van der Waals surface area contributed by atoms with Gasteiger partial charge in [0, 0.05) is 29.1 Å². The lowest BCUT2D eigenvalue weighted by atomic mass is 10.2. The van der Waals surface area contributed by atoms with Crippen LogP contribution < -0.4 is 20.9 Å². The van der Waals surface area contributed by atoms with Crippen LogP contribution in [0.2, 0.25) is 5.02 Å². The molecule has 8 heteroatoms. The first-order chi connectivity index (χ1) is 14.4. The van der Waals surface area contributed by atoms with Gasteiger partial charge in [-0.05, 0) is 55.3 Å². The van der Waals surface area contributed by atoms with Crippen molar-refractivity contribution in [2.24, 2.45) is 0 Å². The number of carbonyl (C=O) groups excluding carboxylic acids is 3. The van der Waals surface area contributed by atoms with Gasteiger partial charge in [0.1, 0.15) is 5.75 Å². The van der Waals surface area contributed by atoms with E-state index in [9.17, 15) is 14.4 Å². The third-order valence-electron chi connectivity index (χ3n) is 4.32. The normalized spacial score (nSPS) is 10.2. The summed E-state index contributed by atoms with van der Waals surface area (Å²) in [5.41, 5.74) is 6.38. The van der Waals surface area contributed by atoms with Crippen LogP contribution in [0.25, 0.3) is 0 Å². The molecular weight excluding hydrogens is 406 g/mol. The molecule has 160 valence electrons. The van der Waals surface area contributed by atoms with Crippen molar-refractivity contribution >= 4 is 35.0 Å². The summed E-state index contributed by atoms with van der Waals surface area (Å²) in [6.45, 7) is 4.50. The van der Waals surface area contributed by atoms with Gasteiger partial charge in [-0.3, -0.25) is 25.2 Å². The average Bonchev–Trinajstić information content (AvgIpc) is 2.74. The minimum atomic E-state index is -0.471. The summed E-state index contributed by atoms with van der Waals surface area (Å²) >= 11 is 6.02. The fourth-order valence-electron chi connectivity index (χ4n) is 2.48. The summed E-state index contributed by atoms with van der Waals surface area (Å²) in [6.07, 6.45) is 1.90. The molecule has 3 N–H and O–H groups in total. The van der Waals surface area contributed by atoms with Crippen LogP contribution in [-0.4, -0.2) is 24.3 Å². The first-order valence-electron chi connectivity index (χ1n) is 9.77. The van der Waals surface area contributed by atoms with Crippen molar-refractivity contribution < 1.29 is 19.1 Å². The van der Waals surface area contributed by atoms with Crippen LogP contribution in [0.3, 0.4) is 0 Å². The number of benzene rings is 2. The van der Waals surface area contributed by atoms with E-state index in [1.54, 1.807) is 49.4 Å². The Bertz CT molecular complexity index is 884. The summed E-state index contributed by atoms with van der Waals surface area (Å²) in [5.74, 6) is -0.561. The maximum atomic E-state index is 12.1.